The Morgan fingerprint density at radius 1 is 1.35 bits per heavy atom. The number of carboxylic acids is 1. The Balaban J connectivity index is 1.90. The van der Waals surface area contributed by atoms with Crippen LogP contribution in [0.1, 0.15) is 25.7 Å². The van der Waals surface area contributed by atoms with E-state index < -0.39 is 18.1 Å². The first-order valence-electron chi connectivity index (χ1n) is 6.42. The molecular formula is C12H21FN2O2. The molecule has 2 N–H and O–H groups in total. The fourth-order valence-corrected chi connectivity index (χ4v) is 2.89. The summed E-state index contributed by atoms with van der Waals surface area (Å²) in [6.45, 7) is 2.78. The van der Waals surface area contributed by atoms with E-state index in [2.05, 4.69) is 10.2 Å². The van der Waals surface area contributed by atoms with E-state index >= 15 is 0 Å². The van der Waals surface area contributed by atoms with Crippen LogP contribution >= 0.6 is 0 Å². The molecule has 2 fully saturated rings. The molecule has 0 amide bonds. The standard InChI is InChI=1S/C12H21FN2O2/c13-9-12(11(16)17)3-7-15(8-4-12)10-1-5-14-6-2-10/h10,14H,1-9H2,(H,16,17). The molecule has 0 radical (unpaired) electrons. The molecular weight excluding hydrogens is 223 g/mol. The average Bonchev–Trinajstić information content (AvgIpc) is 2.39. The monoisotopic (exact) mass is 244 g/mol. The minimum Gasteiger partial charge on any atom is -0.481 e. The van der Waals surface area contributed by atoms with Gasteiger partial charge in [-0.15, -0.1) is 0 Å². The van der Waals surface area contributed by atoms with Gasteiger partial charge in [0.2, 0.25) is 0 Å². The number of halogens is 1. The fourth-order valence-electron chi connectivity index (χ4n) is 2.89. The van der Waals surface area contributed by atoms with Crippen LogP contribution in [0.5, 0.6) is 0 Å². The van der Waals surface area contributed by atoms with E-state index in [9.17, 15) is 9.18 Å². The minimum atomic E-state index is -1.11. The number of piperidine rings is 2. The molecule has 2 aliphatic heterocycles. The number of hydrogen-bond acceptors (Lipinski definition) is 3. The summed E-state index contributed by atoms with van der Waals surface area (Å²) in [5, 5.41) is 12.4. The average molecular weight is 244 g/mol. The Hall–Kier alpha value is -0.680. The van der Waals surface area contributed by atoms with E-state index in [4.69, 9.17) is 5.11 Å². The Kier molecular flexibility index (Phi) is 3.99. The first-order chi connectivity index (χ1) is 8.18. The number of likely N-dealkylation sites (tertiary alicyclic amines) is 1. The number of carboxylic acid groups (broad SMARTS) is 1. The largest absolute Gasteiger partial charge is 0.481 e. The normalized spacial score (nSPS) is 26.9. The lowest BCUT2D eigenvalue weighted by atomic mass is 9.79. The second-order valence-electron chi connectivity index (χ2n) is 5.24. The van der Waals surface area contributed by atoms with Crippen molar-refractivity contribution in [3.05, 3.63) is 0 Å². The van der Waals surface area contributed by atoms with Crippen molar-refractivity contribution in [2.45, 2.75) is 31.7 Å². The molecule has 17 heavy (non-hydrogen) atoms. The molecule has 2 saturated heterocycles. The zero-order valence-corrected chi connectivity index (χ0v) is 10.1. The fraction of sp³-hybridized carbons (Fsp3) is 0.917. The van der Waals surface area contributed by atoms with Gasteiger partial charge in [0.15, 0.2) is 0 Å². The highest BCUT2D eigenvalue weighted by molar-refractivity contribution is 5.75. The van der Waals surface area contributed by atoms with Gasteiger partial charge in [0.25, 0.3) is 0 Å². The first-order valence-corrected chi connectivity index (χ1v) is 6.42. The van der Waals surface area contributed by atoms with Crippen molar-refractivity contribution in [1.29, 1.82) is 0 Å². The van der Waals surface area contributed by atoms with Crippen molar-refractivity contribution in [3.8, 4) is 0 Å². The minimum absolute atomic E-state index is 0.447. The highest BCUT2D eigenvalue weighted by atomic mass is 19.1. The summed E-state index contributed by atoms with van der Waals surface area (Å²) in [6.07, 6.45) is 3.14. The molecule has 0 aromatic carbocycles. The lowest BCUT2D eigenvalue weighted by Gasteiger charge is -2.42. The summed E-state index contributed by atoms with van der Waals surface area (Å²) >= 11 is 0. The van der Waals surface area contributed by atoms with Gasteiger partial charge in [-0.25, -0.2) is 4.39 Å². The predicted molar refractivity (Wildman–Crippen MR) is 62.7 cm³/mol. The van der Waals surface area contributed by atoms with Gasteiger partial charge in [-0.05, 0) is 51.9 Å². The molecule has 0 atom stereocenters. The number of carbonyl (C=O) groups is 1. The second kappa shape index (κ2) is 5.31. The molecule has 0 unspecified atom stereocenters. The third-order valence-corrected chi connectivity index (χ3v) is 4.29. The van der Waals surface area contributed by atoms with Crippen LogP contribution in [0.4, 0.5) is 4.39 Å². The van der Waals surface area contributed by atoms with Crippen molar-refractivity contribution in [2.75, 3.05) is 32.9 Å². The number of alkyl halides is 1. The van der Waals surface area contributed by atoms with Gasteiger partial charge in [0, 0.05) is 6.04 Å². The van der Waals surface area contributed by atoms with Gasteiger partial charge >= 0.3 is 5.97 Å². The van der Waals surface area contributed by atoms with Crippen LogP contribution in [-0.2, 0) is 4.79 Å². The highest BCUT2D eigenvalue weighted by Crippen LogP contribution is 2.33. The summed E-state index contributed by atoms with van der Waals surface area (Å²) in [6, 6.07) is 0.558. The lowest BCUT2D eigenvalue weighted by molar-refractivity contribution is -0.153. The van der Waals surface area contributed by atoms with Crippen LogP contribution in [0, 0.1) is 5.41 Å². The topological polar surface area (TPSA) is 52.6 Å². The van der Waals surface area contributed by atoms with Crippen molar-refractivity contribution in [2.24, 2.45) is 5.41 Å². The van der Waals surface area contributed by atoms with Crippen LogP contribution in [0.25, 0.3) is 0 Å². The third-order valence-electron chi connectivity index (χ3n) is 4.29. The molecule has 5 heteroatoms. The third kappa shape index (κ3) is 2.60. The van der Waals surface area contributed by atoms with Crippen LogP contribution in [-0.4, -0.2) is 54.9 Å². The molecule has 0 spiro atoms. The number of hydrogen-bond donors (Lipinski definition) is 2. The molecule has 0 aromatic rings. The Bertz CT molecular complexity index is 272. The maximum absolute atomic E-state index is 12.9. The predicted octanol–water partition coefficient (Wildman–Crippen LogP) is 0.875. The molecule has 2 aliphatic rings. The SMILES string of the molecule is O=C(O)C1(CF)CCN(C2CCNCC2)CC1. The molecule has 2 rings (SSSR count). The van der Waals surface area contributed by atoms with Crippen molar-refractivity contribution in [1.82, 2.24) is 10.2 Å². The molecule has 4 nitrogen and oxygen atoms in total. The summed E-state index contributed by atoms with van der Waals surface area (Å²) in [7, 11) is 0. The summed E-state index contributed by atoms with van der Waals surface area (Å²) in [5.41, 5.74) is -1.11. The van der Waals surface area contributed by atoms with Gasteiger partial charge in [-0.1, -0.05) is 0 Å². The second-order valence-corrected chi connectivity index (χ2v) is 5.24. The number of rotatable bonds is 3. The smallest absolute Gasteiger partial charge is 0.312 e. The van der Waals surface area contributed by atoms with E-state index in [0.29, 0.717) is 18.9 Å². The Labute approximate surface area is 101 Å². The van der Waals surface area contributed by atoms with Crippen LogP contribution in [0.3, 0.4) is 0 Å². The van der Waals surface area contributed by atoms with Gasteiger partial charge in [-0.3, -0.25) is 4.79 Å². The molecule has 0 aliphatic carbocycles. The van der Waals surface area contributed by atoms with Crippen LogP contribution in [0.15, 0.2) is 0 Å². The summed E-state index contributed by atoms with van der Waals surface area (Å²) in [4.78, 5) is 13.5. The number of nitrogens with zero attached hydrogens (tertiary/aromatic N) is 1. The quantitative estimate of drug-likeness (QED) is 0.773. The van der Waals surface area contributed by atoms with Gasteiger partial charge < -0.3 is 15.3 Å². The van der Waals surface area contributed by atoms with E-state index in [1.54, 1.807) is 0 Å². The van der Waals surface area contributed by atoms with Crippen molar-refractivity contribution >= 4 is 5.97 Å². The molecule has 0 aromatic heterocycles. The molecule has 0 saturated carbocycles. The van der Waals surface area contributed by atoms with Crippen LogP contribution < -0.4 is 5.32 Å². The van der Waals surface area contributed by atoms with Crippen molar-refractivity contribution in [3.63, 3.8) is 0 Å². The van der Waals surface area contributed by atoms with E-state index in [-0.39, 0.29) is 0 Å². The first kappa shape index (κ1) is 12.8. The maximum Gasteiger partial charge on any atom is 0.312 e. The van der Waals surface area contributed by atoms with Gasteiger partial charge in [0.05, 0.1) is 5.41 Å². The molecule has 98 valence electrons. The van der Waals surface area contributed by atoms with Gasteiger partial charge in [0.1, 0.15) is 6.67 Å². The van der Waals surface area contributed by atoms with Crippen molar-refractivity contribution < 1.29 is 14.3 Å². The molecule has 0 bridgehead atoms. The van der Waals surface area contributed by atoms with Crippen LogP contribution in [0.2, 0.25) is 0 Å². The van der Waals surface area contributed by atoms with E-state index in [1.807, 2.05) is 0 Å². The Morgan fingerprint density at radius 3 is 2.41 bits per heavy atom. The summed E-state index contributed by atoms with van der Waals surface area (Å²) in [5.74, 6) is -0.968. The Morgan fingerprint density at radius 2 is 1.94 bits per heavy atom. The number of nitrogens with one attached hydrogen (secondary N) is 1. The molecule has 2 heterocycles. The number of aliphatic carboxylic acids is 1. The van der Waals surface area contributed by atoms with E-state index in [1.165, 1.54) is 0 Å². The zero-order valence-electron chi connectivity index (χ0n) is 10.1. The van der Waals surface area contributed by atoms with E-state index in [0.717, 1.165) is 39.0 Å². The lowest BCUT2D eigenvalue weighted by Crippen LogP contribution is -2.51. The van der Waals surface area contributed by atoms with Gasteiger partial charge in [-0.2, -0.15) is 0 Å². The summed E-state index contributed by atoms with van der Waals surface area (Å²) < 4.78 is 12.9. The maximum atomic E-state index is 12.9. The zero-order chi connectivity index (χ0) is 12.3. The highest BCUT2D eigenvalue weighted by Gasteiger charge is 2.42.